The molecule has 1 aromatic carbocycles. The number of alkyl carbamates (subject to hydrolysis) is 1. The Hall–Kier alpha value is -3.14. The highest BCUT2D eigenvalue weighted by molar-refractivity contribution is 5.93. The Labute approximate surface area is 188 Å². The van der Waals surface area contributed by atoms with Gasteiger partial charge in [-0.25, -0.2) is 4.79 Å². The van der Waals surface area contributed by atoms with Crippen LogP contribution < -0.4 is 10.6 Å². The molecule has 0 radical (unpaired) electrons. The number of nitrogens with zero attached hydrogens (tertiary/aromatic N) is 1. The van der Waals surface area contributed by atoms with Crippen molar-refractivity contribution in [3.63, 3.8) is 0 Å². The third-order valence-corrected chi connectivity index (χ3v) is 4.35. The number of carbonyl (C=O) groups is 4. The van der Waals surface area contributed by atoms with Crippen LogP contribution in [0.15, 0.2) is 24.3 Å². The number of carbonyl (C=O) groups excluding carboxylic acids is 4. The van der Waals surface area contributed by atoms with E-state index in [1.807, 2.05) is 13.0 Å². The summed E-state index contributed by atoms with van der Waals surface area (Å²) in [4.78, 5) is 51.1. The van der Waals surface area contributed by atoms with Crippen molar-refractivity contribution in [1.29, 1.82) is 0 Å². The molecule has 10 nitrogen and oxygen atoms in total. The van der Waals surface area contributed by atoms with Crippen LogP contribution in [-0.2, 0) is 23.9 Å². The number of hydrogen-bond donors (Lipinski definition) is 3. The van der Waals surface area contributed by atoms with E-state index in [-0.39, 0.29) is 13.1 Å². The third kappa shape index (κ3) is 8.18. The van der Waals surface area contributed by atoms with Gasteiger partial charge >= 0.3 is 12.1 Å². The molecule has 178 valence electrons. The van der Waals surface area contributed by atoms with Crippen molar-refractivity contribution in [3.8, 4) is 0 Å². The summed E-state index contributed by atoms with van der Waals surface area (Å²) < 4.78 is 9.71. The van der Waals surface area contributed by atoms with Gasteiger partial charge in [0.2, 0.25) is 11.8 Å². The van der Waals surface area contributed by atoms with E-state index in [2.05, 4.69) is 15.4 Å². The number of aryl methyl sites for hydroxylation is 1. The molecule has 0 spiro atoms. The number of benzene rings is 1. The van der Waals surface area contributed by atoms with Crippen LogP contribution in [0, 0.1) is 6.92 Å². The Balaban J connectivity index is 3.22. The first kappa shape index (κ1) is 26.9. The maximum atomic E-state index is 13.2. The summed E-state index contributed by atoms with van der Waals surface area (Å²) in [6.07, 6.45) is -0.872. The van der Waals surface area contributed by atoms with Crippen molar-refractivity contribution in [3.05, 3.63) is 35.4 Å². The molecule has 0 heterocycles. The van der Waals surface area contributed by atoms with Crippen molar-refractivity contribution in [2.45, 2.75) is 52.3 Å². The predicted octanol–water partition coefficient (Wildman–Crippen LogP) is 1.06. The molecule has 2 unspecified atom stereocenters. The van der Waals surface area contributed by atoms with Gasteiger partial charge in [-0.2, -0.15) is 0 Å². The van der Waals surface area contributed by atoms with Crippen molar-refractivity contribution in [2.75, 3.05) is 26.8 Å². The highest BCUT2D eigenvalue weighted by Crippen LogP contribution is 2.23. The number of aliphatic hydroxyl groups is 1. The van der Waals surface area contributed by atoms with Crippen LogP contribution in [0.3, 0.4) is 0 Å². The molecular formula is C22H33N3O7. The molecule has 1 rings (SSSR count). The van der Waals surface area contributed by atoms with E-state index in [9.17, 15) is 24.3 Å². The van der Waals surface area contributed by atoms with Gasteiger partial charge in [-0.3, -0.25) is 14.4 Å². The van der Waals surface area contributed by atoms with E-state index in [0.29, 0.717) is 5.56 Å². The summed E-state index contributed by atoms with van der Waals surface area (Å²) in [7, 11) is 1.20. The monoisotopic (exact) mass is 451 g/mol. The lowest BCUT2D eigenvalue weighted by Crippen LogP contribution is -2.54. The average molecular weight is 452 g/mol. The molecule has 0 aromatic heterocycles. The molecule has 32 heavy (non-hydrogen) atoms. The number of nitrogens with one attached hydrogen (secondary N) is 2. The molecule has 0 bridgehead atoms. The lowest BCUT2D eigenvalue weighted by molar-refractivity contribution is -0.145. The first-order valence-electron chi connectivity index (χ1n) is 10.2. The normalized spacial score (nSPS) is 12.8. The van der Waals surface area contributed by atoms with Crippen LogP contribution >= 0.6 is 0 Å². The zero-order valence-electron chi connectivity index (χ0n) is 19.4. The van der Waals surface area contributed by atoms with E-state index in [4.69, 9.17) is 4.74 Å². The average Bonchev–Trinajstić information content (AvgIpc) is 2.71. The van der Waals surface area contributed by atoms with Gasteiger partial charge in [-0.05, 0) is 40.2 Å². The molecule has 0 fully saturated rings. The Morgan fingerprint density at radius 2 is 1.84 bits per heavy atom. The first-order chi connectivity index (χ1) is 14.9. The van der Waals surface area contributed by atoms with Crippen LogP contribution in [0.4, 0.5) is 4.79 Å². The molecule has 1 aromatic rings. The lowest BCUT2D eigenvalue weighted by Gasteiger charge is -2.33. The number of amides is 3. The fourth-order valence-corrected chi connectivity index (χ4v) is 2.94. The summed E-state index contributed by atoms with van der Waals surface area (Å²) >= 11 is 0. The summed E-state index contributed by atoms with van der Waals surface area (Å²) in [5, 5.41) is 14.6. The Morgan fingerprint density at radius 1 is 1.19 bits per heavy atom. The second-order valence-electron chi connectivity index (χ2n) is 8.12. The van der Waals surface area contributed by atoms with Gasteiger partial charge in [0, 0.05) is 6.54 Å². The molecule has 3 amide bonds. The van der Waals surface area contributed by atoms with Crippen LogP contribution in [0.2, 0.25) is 0 Å². The van der Waals surface area contributed by atoms with Crippen LogP contribution in [0.25, 0.3) is 0 Å². The fourth-order valence-electron chi connectivity index (χ4n) is 2.94. The molecule has 0 saturated carbocycles. The van der Waals surface area contributed by atoms with Gasteiger partial charge in [-0.15, -0.1) is 0 Å². The molecule has 0 aliphatic rings. The molecule has 2 atom stereocenters. The van der Waals surface area contributed by atoms with Gasteiger partial charge < -0.3 is 30.1 Å². The maximum absolute atomic E-state index is 13.2. The van der Waals surface area contributed by atoms with Crippen LogP contribution in [0.1, 0.15) is 44.9 Å². The number of rotatable bonds is 9. The van der Waals surface area contributed by atoms with Crippen molar-refractivity contribution in [2.24, 2.45) is 0 Å². The van der Waals surface area contributed by atoms with Gasteiger partial charge in [-0.1, -0.05) is 29.8 Å². The minimum Gasteiger partial charge on any atom is -0.468 e. The second-order valence-corrected chi connectivity index (χ2v) is 8.12. The first-order valence-corrected chi connectivity index (χ1v) is 10.2. The number of ether oxygens (including phenoxy) is 2. The van der Waals surface area contributed by atoms with Gasteiger partial charge in [0.1, 0.15) is 24.2 Å². The molecule has 0 aliphatic carbocycles. The van der Waals surface area contributed by atoms with E-state index in [1.165, 1.54) is 12.0 Å². The Morgan fingerprint density at radius 3 is 2.34 bits per heavy atom. The van der Waals surface area contributed by atoms with Crippen LogP contribution in [-0.4, -0.2) is 72.3 Å². The number of aliphatic hydroxyl groups excluding tert-OH is 1. The van der Waals surface area contributed by atoms with Crippen molar-refractivity contribution < 1.29 is 33.8 Å². The zero-order valence-corrected chi connectivity index (χ0v) is 19.4. The number of likely N-dealkylation sites (N-methyl/N-ethyl adjacent to an activating group) is 1. The van der Waals surface area contributed by atoms with Crippen LogP contribution in [0.5, 0.6) is 0 Å². The fraction of sp³-hybridized carbons (Fsp3) is 0.545. The number of esters is 1. The van der Waals surface area contributed by atoms with Gasteiger partial charge in [0.25, 0.3) is 0 Å². The molecule has 3 N–H and O–H groups in total. The largest absolute Gasteiger partial charge is 0.468 e. The molecular weight excluding hydrogens is 418 g/mol. The summed E-state index contributed by atoms with van der Waals surface area (Å²) in [6, 6.07) is 4.57. The van der Waals surface area contributed by atoms with Crippen molar-refractivity contribution >= 4 is 23.9 Å². The summed E-state index contributed by atoms with van der Waals surface area (Å²) in [5.41, 5.74) is 0.578. The highest BCUT2D eigenvalue weighted by Gasteiger charge is 2.35. The smallest absolute Gasteiger partial charge is 0.408 e. The van der Waals surface area contributed by atoms with Crippen molar-refractivity contribution in [1.82, 2.24) is 15.5 Å². The van der Waals surface area contributed by atoms with Gasteiger partial charge in [0.05, 0.1) is 13.7 Å². The van der Waals surface area contributed by atoms with E-state index >= 15 is 0 Å². The standard InChI is InChI=1S/C22H33N3O7/c1-7-25(20(29)16(13-26)24-21(30)32-22(3,4)5)18(15-10-8-9-14(2)11-15)19(28)23-12-17(27)31-6/h8-11,16,18,26H,7,12-13H2,1-6H3,(H,23,28)(H,24,30). The van der Waals surface area contributed by atoms with E-state index in [0.717, 1.165) is 5.56 Å². The quantitative estimate of drug-likeness (QED) is 0.478. The van der Waals surface area contributed by atoms with Gasteiger partial charge in [0.15, 0.2) is 0 Å². The number of methoxy groups -OCH3 is 1. The minimum absolute atomic E-state index is 0.0928. The Kier molecular flexibility index (Phi) is 10.1. The minimum atomic E-state index is -1.33. The topological polar surface area (TPSA) is 134 Å². The van der Waals surface area contributed by atoms with E-state index < -0.39 is 48.2 Å². The molecule has 10 heteroatoms. The second kappa shape index (κ2) is 12.0. The SMILES string of the molecule is CCN(C(=O)C(CO)NC(=O)OC(C)(C)C)C(C(=O)NCC(=O)OC)c1cccc(C)c1. The molecule has 0 saturated heterocycles. The Bertz CT molecular complexity index is 820. The molecule has 0 aliphatic heterocycles. The lowest BCUT2D eigenvalue weighted by atomic mass is 10.0. The number of hydrogen-bond acceptors (Lipinski definition) is 7. The maximum Gasteiger partial charge on any atom is 0.408 e. The zero-order chi connectivity index (χ0) is 24.5. The highest BCUT2D eigenvalue weighted by atomic mass is 16.6. The summed E-state index contributed by atoms with van der Waals surface area (Å²) in [5.74, 6) is -1.93. The predicted molar refractivity (Wildman–Crippen MR) is 117 cm³/mol. The summed E-state index contributed by atoms with van der Waals surface area (Å²) in [6.45, 7) is 7.53. The third-order valence-electron chi connectivity index (χ3n) is 4.35. The van der Waals surface area contributed by atoms with E-state index in [1.54, 1.807) is 45.9 Å².